The van der Waals surface area contributed by atoms with Crippen LogP contribution in [0, 0.1) is 13.8 Å². The van der Waals surface area contributed by atoms with Gasteiger partial charge in [0, 0.05) is 35.7 Å². The van der Waals surface area contributed by atoms with Crippen molar-refractivity contribution in [2.45, 2.75) is 13.8 Å². The average Bonchev–Trinajstić information content (AvgIpc) is 3.44. The first-order valence-corrected chi connectivity index (χ1v) is 11.4. The summed E-state index contributed by atoms with van der Waals surface area (Å²) in [6.07, 6.45) is 0. The van der Waals surface area contributed by atoms with Gasteiger partial charge in [-0.2, -0.15) is 0 Å². The van der Waals surface area contributed by atoms with Gasteiger partial charge in [0.15, 0.2) is 22.9 Å². The molecule has 0 fully saturated rings. The molecule has 0 bridgehead atoms. The molecule has 7 rings (SSSR count). The van der Waals surface area contributed by atoms with E-state index < -0.39 is 0 Å². The molecule has 0 unspecified atom stereocenters. The summed E-state index contributed by atoms with van der Waals surface area (Å²) in [4.78, 5) is 9.67. The van der Waals surface area contributed by atoms with Gasteiger partial charge in [0.1, 0.15) is 11.0 Å². The summed E-state index contributed by atoms with van der Waals surface area (Å²) in [6, 6.07) is 29.4. The third kappa shape index (κ3) is 2.66. The molecule has 7 aromatic rings. The maximum atomic E-state index is 5.96. The van der Waals surface area contributed by atoms with E-state index in [-0.39, 0.29) is 0 Å². The van der Waals surface area contributed by atoms with E-state index in [4.69, 9.17) is 18.8 Å². The molecule has 34 heavy (non-hydrogen) atoms. The minimum atomic E-state index is 0.658. The van der Waals surface area contributed by atoms with Crippen LogP contribution in [-0.4, -0.2) is 9.97 Å². The van der Waals surface area contributed by atoms with Crippen molar-refractivity contribution in [3.05, 3.63) is 96.7 Å². The van der Waals surface area contributed by atoms with Gasteiger partial charge in [0.05, 0.1) is 0 Å². The molecule has 0 aliphatic heterocycles. The predicted octanol–water partition coefficient (Wildman–Crippen LogP) is 8.23. The Morgan fingerprint density at radius 1 is 0.500 bits per heavy atom. The molecule has 0 saturated carbocycles. The Morgan fingerprint density at radius 3 is 1.32 bits per heavy atom. The lowest BCUT2D eigenvalue weighted by Crippen LogP contribution is -1.93. The second-order valence-electron chi connectivity index (χ2n) is 8.62. The van der Waals surface area contributed by atoms with Crippen molar-refractivity contribution >= 4 is 43.7 Å². The Morgan fingerprint density at radius 2 is 0.912 bits per heavy atom. The second kappa shape index (κ2) is 7.03. The summed E-state index contributed by atoms with van der Waals surface area (Å²) in [5.74, 6) is 1.32. The summed E-state index contributed by atoms with van der Waals surface area (Å²) in [5.41, 5.74) is 7.84. The Balaban J connectivity index is 1.85. The Kier molecular flexibility index (Phi) is 3.94. The molecule has 0 spiro atoms. The summed E-state index contributed by atoms with van der Waals surface area (Å²) in [5, 5.41) is 4.42. The van der Waals surface area contributed by atoms with Gasteiger partial charge >= 0.3 is 0 Å². The van der Waals surface area contributed by atoms with Crippen LogP contribution in [-0.2, 0) is 0 Å². The zero-order valence-corrected chi connectivity index (χ0v) is 18.8. The zero-order valence-electron chi connectivity index (χ0n) is 18.8. The molecule has 0 aliphatic carbocycles. The van der Waals surface area contributed by atoms with Crippen molar-refractivity contribution in [1.82, 2.24) is 9.97 Å². The van der Waals surface area contributed by atoms with Crippen LogP contribution in [0.3, 0.4) is 0 Å². The molecule has 0 saturated heterocycles. The van der Waals surface area contributed by atoms with Crippen LogP contribution >= 0.6 is 0 Å². The quantitative estimate of drug-likeness (QED) is 0.254. The zero-order chi connectivity index (χ0) is 22.8. The summed E-state index contributed by atoms with van der Waals surface area (Å²) in [7, 11) is 0. The standard InChI is InChI=1S/C30H20N2O2/c1-17-31-29-23(33-17)15-13-21-22-14-16-24-30(32-18(2)34-24)28(22)26(20-11-7-4-8-12-20)25(27(21)29)19-9-5-3-6-10-19/h3-16H,1-2H3. The first-order valence-electron chi connectivity index (χ1n) is 11.4. The van der Waals surface area contributed by atoms with E-state index in [2.05, 4.69) is 60.7 Å². The van der Waals surface area contributed by atoms with Crippen molar-refractivity contribution in [1.29, 1.82) is 0 Å². The number of nitrogens with zero attached hydrogens (tertiary/aromatic N) is 2. The molecule has 0 atom stereocenters. The highest BCUT2D eigenvalue weighted by atomic mass is 16.3. The van der Waals surface area contributed by atoms with Gasteiger partial charge in [-0.15, -0.1) is 0 Å². The highest BCUT2D eigenvalue weighted by molar-refractivity contribution is 6.30. The van der Waals surface area contributed by atoms with E-state index in [1.165, 1.54) is 0 Å². The minimum Gasteiger partial charge on any atom is -0.441 e. The smallest absolute Gasteiger partial charge is 0.192 e. The lowest BCUT2D eigenvalue weighted by Gasteiger charge is -2.18. The van der Waals surface area contributed by atoms with Crippen molar-refractivity contribution in [2.75, 3.05) is 0 Å². The number of hydrogen-bond acceptors (Lipinski definition) is 4. The van der Waals surface area contributed by atoms with E-state index in [9.17, 15) is 0 Å². The molecular formula is C30H20N2O2. The summed E-state index contributed by atoms with van der Waals surface area (Å²) >= 11 is 0. The lowest BCUT2D eigenvalue weighted by molar-refractivity contribution is 0.560. The number of aryl methyl sites for hydroxylation is 2. The van der Waals surface area contributed by atoms with Crippen molar-refractivity contribution in [2.24, 2.45) is 0 Å². The number of fused-ring (bicyclic) bond motifs is 7. The highest BCUT2D eigenvalue weighted by Crippen LogP contribution is 2.48. The molecule has 2 aromatic heterocycles. The maximum Gasteiger partial charge on any atom is 0.192 e. The molecule has 5 aromatic carbocycles. The van der Waals surface area contributed by atoms with E-state index in [1.807, 2.05) is 38.1 Å². The maximum absolute atomic E-state index is 5.96. The summed E-state index contributed by atoms with van der Waals surface area (Å²) in [6.45, 7) is 3.80. The van der Waals surface area contributed by atoms with Crippen LogP contribution in [0.1, 0.15) is 11.8 Å². The molecule has 0 N–H and O–H groups in total. The van der Waals surface area contributed by atoms with Crippen LogP contribution < -0.4 is 0 Å². The molecule has 0 amide bonds. The van der Waals surface area contributed by atoms with E-state index >= 15 is 0 Å². The lowest BCUT2D eigenvalue weighted by atomic mass is 9.84. The van der Waals surface area contributed by atoms with Crippen LogP contribution in [0.15, 0.2) is 93.8 Å². The van der Waals surface area contributed by atoms with Crippen LogP contribution in [0.2, 0.25) is 0 Å². The number of rotatable bonds is 2. The first-order chi connectivity index (χ1) is 16.7. The molecule has 162 valence electrons. The number of benzene rings is 5. The van der Waals surface area contributed by atoms with Gasteiger partial charge < -0.3 is 8.83 Å². The molecule has 0 aliphatic rings. The predicted molar refractivity (Wildman–Crippen MR) is 137 cm³/mol. The largest absolute Gasteiger partial charge is 0.441 e. The van der Waals surface area contributed by atoms with Gasteiger partial charge in [-0.25, -0.2) is 9.97 Å². The van der Waals surface area contributed by atoms with Crippen LogP contribution in [0.5, 0.6) is 0 Å². The van der Waals surface area contributed by atoms with Gasteiger partial charge in [0.25, 0.3) is 0 Å². The third-order valence-electron chi connectivity index (χ3n) is 6.50. The fourth-order valence-corrected chi connectivity index (χ4v) is 5.20. The number of aromatic nitrogens is 2. The molecule has 2 heterocycles. The van der Waals surface area contributed by atoms with E-state index in [1.54, 1.807) is 0 Å². The fraction of sp³-hybridized carbons (Fsp3) is 0.0667. The summed E-state index contributed by atoms with van der Waals surface area (Å²) < 4.78 is 11.9. The highest BCUT2D eigenvalue weighted by Gasteiger charge is 2.23. The van der Waals surface area contributed by atoms with E-state index in [0.29, 0.717) is 11.8 Å². The second-order valence-corrected chi connectivity index (χ2v) is 8.62. The topological polar surface area (TPSA) is 52.1 Å². The fourth-order valence-electron chi connectivity index (χ4n) is 5.20. The Hall–Kier alpha value is -4.44. The van der Waals surface area contributed by atoms with E-state index in [0.717, 1.165) is 66.0 Å². The number of oxazole rings is 2. The van der Waals surface area contributed by atoms with Crippen molar-refractivity contribution in [3.63, 3.8) is 0 Å². The van der Waals surface area contributed by atoms with Crippen LogP contribution in [0.4, 0.5) is 0 Å². The SMILES string of the molecule is Cc1nc2c(ccc3c4ccc5oc(C)nc5c4c(-c4ccccc4)c(-c4ccccc4)c32)o1. The molecule has 4 heteroatoms. The normalized spacial score (nSPS) is 11.8. The third-order valence-corrected chi connectivity index (χ3v) is 6.50. The van der Waals surface area contributed by atoms with Gasteiger partial charge in [-0.1, -0.05) is 60.7 Å². The Bertz CT molecular complexity index is 1720. The van der Waals surface area contributed by atoms with Crippen molar-refractivity contribution in [3.8, 4) is 22.3 Å². The monoisotopic (exact) mass is 440 g/mol. The number of hydrogen-bond donors (Lipinski definition) is 0. The van der Waals surface area contributed by atoms with Crippen molar-refractivity contribution < 1.29 is 8.83 Å². The van der Waals surface area contributed by atoms with Gasteiger partial charge in [-0.3, -0.25) is 0 Å². The average molecular weight is 441 g/mol. The first kappa shape index (κ1) is 19.1. The molecule has 0 radical (unpaired) electrons. The van der Waals surface area contributed by atoms with Gasteiger partial charge in [0.2, 0.25) is 0 Å². The van der Waals surface area contributed by atoms with Crippen LogP contribution in [0.25, 0.3) is 66.0 Å². The Labute approximate surface area is 195 Å². The van der Waals surface area contributed by atoms with Gasteiger partial charge in [-0.05, 0) is 46.2 Å². The molecular weight excluding hydrogens is 420 g/mol. The molecule has 4 nitrogen and oxygen atoms in total. The minimum absolute atomic E-state index is 0.658.